The lowest BCUT2D eigenvalue weighted by molar-refractivity contribution is -0.144. The van der Waals surface area contributed by atoms with Crippen LogP contribution in [0.25, 0.3) is 0 Å². The first-order valence-electron chi connectivity index (χ1n) is 7.58. The molecule has 8 heteroatoms. The van der Waals surface area contributed by atoms with E-state index in [0.717, 1.165) is 0 Å². The Morgan fingerprint density at radius 1 is 1.23 bits per heavy atom. The van der Waals surface area contributed by atoms with E-state index < -0.39 is 23.8 Å². The molecular formula is C18H17FN2O5. The lowest BCUT2D eigenvalue weighted by atomic mass is 10.2. The Hall–Kier alpha value is -3.42. The van der Waals surface area contributed by atoms with Crippen LogP contribution in [-0.2, 0) is 4.79 Å². The van der Waals surface area contributed by atoms with E-state index in [9.17, 15) is 14.0 Å². The van der Waals surface area contributed by atoms with Crippen molar-refractivity contribution >= 4 is 18.1 Å². The fourth-order valence-electron chi connectivity index (χ4n) is 2.01. The lowest BCUT2D eigenvalue weighted by Gasteiger charge is -2.15. The Kier molecular flexibility index (Phi) is 6.26. The maximum Gasteiger partial charge on any atom is 0.344 e. The van der Waals surface area contributed by atoms with Crippen LogP contribution in [0.5, 0.6) is 11.5 Å². The molecule has 2 N–H and O–H groups in total. The quantitative estimate of drug-likeness (QED) is 0.584. The second kappa shape index (κ2) is 8.61. The molecule has 0 saturated carbocycles. The van der Waals surface area contributed by atoms with E-state index in [4.69, 9.17) is 14.6 Å². The van der Waals surface area contributed by atoms with Crippen LogP contribution in [-0.4, -0.2) is 36.4 Å². The topological polar surface area (TPSA) is 97.2 Å². The molecule has 1 atom stereocenters. The van der Waals surface area contributed by atoms with Gasteiger partial charge in [0.2, 0.25) is 0 Å². The molecule has 0 aliphatic rings. The number of aliphatic carboxylic acids is 1. The van der Waals surface area contributed by atoms with Crippen molar-refractivity contribution in [2.45, 2.75) is 13.0 Å². The summed E-state index contributed by atoms with van der Waals surface area (Å²) in [5.74, 6) is -2.06. The standard InChI is InChI=1S/C18H17FN2O5/c1-11(18(23)24)26-16-12(6-5-9-15(16)25-2)10-20-21-17(22)13-7-3-4-8-14(13)19/h3-11H,1-2H3,(H,21,22)(H,23,24)/b20-10-/t11-/m0/s1. The summed E-state index contributed by atoms with van der Waals surface area (Å²) in [7, 11) is 1.41. The number of carboxylic acids is 1. The van der Waals surface area contributed by atoms with Gasteiger partial charge in [-0.1, -0.05) is 18.2 Å². The summed E-state index contributed by atoms with van der Waals surface area (Å²) in [6.07, 6.45) is 0.136. The van der Waals surface area contributed by atoms with Gasteiger partial charge in [0.25, 0.3) is 5.91 Å². The Balaban J connectivity index is 2.20. The Labute approximate surface area is 149 Å². The number of carbonyl (C=O) groups is 2. The molecule has 0 radical (unpaired) electrons. The number of hydrogen-bond acceptors (Lipinski definition) is 5. The van der Waals surface area contributed by atoms with Gasteiger partial charge in [-0.15, -0.1) is 0 Å². The molecule has 0 saturated heterocycles. The van der Waals surface area contributed by atoms with Crippen LogP contribution in [0.3, 0.4) is 0 Å². The van der Waals surface area contributed by atoms with Crippen LogP contribution in [0, 0.1) is 5.82 Å². The first-order chi connectivity index (χ1) is 12.4. The van der Waals surface area contributed by atoms with Crippen molar-refractivity contribution in [3.05, 3.63) is 59.4 Å². The van der Waals surface area contributed by atoms with E-state index >= 15 is 0 Å². The summed E-state index contributed by atoms with van der Waals surface area (Å²) >= 11 is 0. The number of para-hydroxylation sites is 1. The van der Waals surface area contributed by atoms with E-state index in [1.807, 2.05) is 0 Å². The van der Waals surface area contributed by atoms with Crippen molar-refractivity contribution < 1.29 is 28.6 Å². The number of amides is 1. The number of ether oxygens (including phenoxy) is 2. The summed E-state index contributed by atoms with van der Waals surface area (Å²) in [5.41, 5.74) is 2.44. The normalized spacial score (nSPS) is 11.8. The SMILES string of the molecule is COc1cccc(/C=N\NC(=O)c2ccccc2F)c1O[C@@H](C)C(=O)O. The first kappa shape index (κ1) is 18.9. The smallest absolute Gasteiger partial charge is 0.344 e. The van der Waals surface area contributed by atoms with Crippen molar-refractivity contribution in [1.82, 2.24) is 5.43 Å². The summed E-state index contributed by atoms with van der Waals surface area (Å²) in [6.45, 7) is 1.37. The number of nitrogens with zero attached hydrogens (tertiary/aromatic N) is 1. The molecule has 1 amide bonds. The van der Waals surface area contributed by atoms with Crippen LogP contribution < -0.4 is 14.9 Å². The predicted molar refractivity (Wildman–Crippen MR) is 92.2 cm³/mol. The minimum absolute atomic E-state index is 0.147. The number of rotatable bonds is 7. The molecule has 2 aromatic rings. The molecule has 7 nitrogen and oxygen atoms in total. The number of hydrazone groups is 1. The van der Waals surface area contributed by atoms with E-state index in [2.05, 4.69) is 10.5 Å². The summed E-state index contributed by atoms with van der Waals surface area (Å²) in [5, 5.41) is 12.8. The number of hydrogen-bond donors (Lipinski definition) is 2. The molecule has 0 heterocycles. The first-order valence-corrected chi connectivity index (χ1v) is 7.58. The van der Waals surface area contributed by atoms with Gasteiger partial charge in [-0.2, -0.15) is 5.10 Å². The monoisotopic (exact) mass is 360 g/mol. The molecule has 136 valence electrons. The molecule has 2 aromatic carbocycles. The van der Waals surface area contributed by atoms with Crippen molar-refractivity contribution in [1.29, 1.82) is 0 Å². The van der Waals surface area contributed by atoms with Gasteiger partial charge in [0, 0.05) is 5.56 Å². The third-order valence-corrected chi connectivity index (χ3v) is 3.36. The molecule has 0 aromatic heterocycles. The fraction of sp³-hybridized carbons (Fsp3) is 0.167. The van der Waals surface area contributed by atoms with E-state index in [1.54, 1.807) is 18.2 Å². The number of nitrogens with one attached hydrogen (secondary N) is 1. The molecule has 0 bridgehead atoms. The highest BCUT2D eigenvalue weighted by Crippen LogP contribution is 2.31. The van der Waals surface area contributed by atoms with E-state index in [1.165, 1.54) is 44.5 Å². The highest BCUT2D eigenvalue weighted by atomic mass is 19.1. The van der Waals surface area contributed by atoms with Crippen LogP contribution in [0.1, 0.15) is 22.8 Å². The minimum atomic E-state index is -1.15. The van der Waals surface area contributed by atoms with Crippen LogP contribution in [0.15, 0.2) is 47.6 Å². The zero-order valence-corrected chi connectivity index (χ0v) is 14.1. The van der Waals surface area contributed by atoms with Gasteiger partial charge in [-0.25, -0.2) is 14.6 Å². The van der Waals surface area contributed by atoms with Crippen molar-refractivity contribution in [2.24, 2.45) is 5.10 Å². The molecule has 0 aliphatic carbocycles. The largest absolute Gasteiger partial charge is 0.493 e. The summed E-state index contributed by atoms with van der Waals surface area (Å²) in [6, 6.07) is 10.3. The van der Waals surface area contributed by atoms with Gasteiger partial charge in [-0.3, -0.25) is 4.79 Å². The molecular weight excluding hydrogens is 343 g/mol. The molecule has 0 unspecified atom stereocenters. The predicted octanol–water partition coefficient (Wildman–Crippen LogP) is 2.45. The summed E-state index contributed by atoms with van der Waals surface area (Å²) in [4.78, 5) is 22.9. The molecule has 0 aliphatic heterocycles. The number of halogens is 1. The third kappa shape index (κ3) is 4.56. The second-order valence-corrected chi connectivity index (χ2v) is 5.16. The number of carbonyl (C=O) groups excluding carboxylic acids is 1. The summed E-state index contributed by atoms with van der Waals surface area (Å²) < 4.78 is 24.1. The van der Waals surface area contributed by atoms with Crippen molar-refractivity contribution in [3.63, 3.8) is 0 Å². The van der Waals surface area contributed by atoms with Crippen LogP contribution >= 0.6 is 0 Å². The van der Waals surface area contributed by atoms with Gasteiger partial charge in [0.1, 0.15) is 5.82 Å². The molecule has 26 heavy (non-hydrogen) atoms. The van der Waals surface area contributed by atoms with Gasteiger partial charge < -0.3 is 14.6 Å². The van der Waals surface area contributed by atoms with Crippen LogP contribution in [0.2, 0.25) is 0 Å². The zero-order chi connectivity index (χ0) is 19.1. The second-order valence-electron chi connectivity index (χ2n) is 5.16. The Morgan fingerprint density at radius 2 is 1.96 bits per heavy atom. The minimum Gasteiger partial charge on any atom is -0.493 e. The maximum absolute atomic E-state index is 13.6. The van der Waals surface area contributed by atoms with Crippen molar-refractivity contribution in [3.8, 4) is 11.5 Å². The zero-order valence-electron chi connectivity index (χ0n) is 14.1. The third-order valence-electron chi connectivity index (χ3n) is 3.36. The average Bonchev–Trinajstić information content (AvgIpc) is 2.62. The Morgan fingerprint density at radius 3 is 2.62 bits per heavy atom. The molecule has 0 spiro atoms. The van der Waals surface area contributed by atoms with Gasteiger partial charge >= 0.3 is 5.97 Å². The van der Waals surface area contributed by atoms with E-state index in [-0.39, 0.29) is 11.3 Å². The highest BCUT2D eigenvalue weighted by molar-refractivity contribution is 5.95. The Bertz CT molecular complexity index is 838. The fourth-order valence-corrected chi connectivity index (χ4v) is 2.01. The highest BCUT2D eigenvalue weighted by Gasteiger charge is 2.18. The number of carboxylic acid groups (broad SMARTS) is 1. The van der Waals surface area contributed by atoms with Gasteiger partial charge in [0.05, 0.1) is 18.9 Å². The number of benzene rings is 2. The van der Waals surface area contributed by atoms with Crippen molar-refractivity contribution in [2.75, 3.05) is 7.11 Å². The average molecular weight is 360 g/mol. The van der Waals surface area contributed by atoms with E-state index in [0.29, 0.717) is 11.3 Å². The number of methoxy groups -OCH3 is 1. The van der Waals surface area contributed by atoms with Gasteiger partial charge in [-0.05, 0) is 31.2 Å². The molecule has 0 fully saturated rings. The van der Waals surface area contributed by atoms with Gasteiger partial charge in [0.15, 0.2) is 17.6 Å². The van der Waals surface area contributed by atoms with Crippen LogP contribution in [0.4, 0.5) is 4.39 Å². The lowest BCUT2D eigenvalue weighted by Crippen LogP contribution is -2.24. The maximum atomic E-state index is 13.6. The molecule has 2 rings (SSSR count).